The number of fused-ring (bicyclic) bond motifs is 1. The molecule has 1 aliphatic rings. The molecule has 0 bridgehead atoms. The molecule has 0 saturated carbocycles. The van der Waals surface area contributed by atoms with E-state index in [4.69, 9.17) is 18.9 Å². The van der Waals surface area contributed by atoms with Crippen LogP contribution in [0.3, 0.4) is 0 Å². The fourth-order valence-corrected chi connectivity index (χ4v) is 3.53. The molecule has 1 aliphatic heterocycles. The molecule has 2 aromatic carbocycles. The van der Waals surface area contributed by atoms with Crippen molar-refractivity contribution in [1.29, 1.82) is 0 Å². The molecule has 1 saturated heterocycles. The van der Waals surface area contributed by atoms with Crippen molar-refractivity contribution in [3.05, 3.63) is 36.4 Å². The van der Waals surface area contributed by atoms with Gasteiger partial charge >= 0.3 is 11.9 Å². The zero-order valence-electron chi connectivity index (χ0n) is 17.0. The van der Waals surface area contributed by atoms with Crippen LogP contribution in [0.15, 0.2) is 36.4 Å². The summed E-state index contributed by atoms with van der Waals surface area (Å²) >= 11 is 0. The Labute approximate surface area is 169 Å². The Morgan fingerprint density at radius 3 is 2.31 bits per heavy atom. The van der Waals surface area contributed by atoms with Crippen molar-refractivity contribution in [2.45, 2.75) is 46.2 Å². The molecule has 3 rings (SSSR count). The van der Waals surface area contributed by atoms with E-state index >= 15 is 0 Å². The van der Waals surface area contributed by atoms with Gasteiger partial charge in [-0.2, -0.15) is 0 Å². The molecule has 1 N–H and O–H groups in total. The molecule has 7 heteroatoms. The average molecular weight is 402 g/mol. The smallest absolute Gasteiger partial charge is 0.303 e. The van der Waals surface area contributed by atoms with Crippen LogP contribution >= 0.6 is 0 Å². The monoisotopic (exact) mass is 402 g/mol. The Morgan fingerprint density at radius 1 is 1.03 bits per heavy atom. The number of ether oxygens (including phenoxy) is 4. The second kappa shape index (κ2) is 8.69. The van der Waals surface area contributed by atoms with Gasteiger partial charge in [-0.25, -0.2) is 0 Å². The summed E-state index contributed by atoms with van der Waals surface area (Å²) in [5.74, 6) is -0.854. The zero-order chi connectivity index (χ0) is 21.1. The first-order valence-corrected chi connectivity index (χ1v) is 9.60. The maximum Gasteiger partial charge on any atom is 0.303 e. The average Bonchev–Trinajstić information content (AvgIpc) is 2.66. The molecule has 29 heavy (non-hydrogen) atoms. The van der Waals surface area contributed by atoms with Crippen LogP contribution in [0.25, 0.3) is 10.8 Å². The maximum atomic E-state index is 11.6. The molecule has 0 aliphatic carbocycles. The summed E-state index contributed by atoms with van der Waals surface area (Å²) in [6.07, 6.45) is -2.08. The number of rotatable bonds is 5. The highest BCUT2D eigenvalue weighted by atomic mass is 16.7. The predicted molar refractivity (Wildman–Crippen MR) is 105 cm³/mol. The van der Waals surface area contributed by atoms with Crippen molar-refractivity contribution in [3.8, 4) is 11.5 Å². The lowest BCUT2D eigenvalue weighted by atomic mass is 9.83. The van der Waals surface area contributed by atoms with Gasteiger partial charge in [-0.3, -0.25) is 9.59 Å². The molecule has 7 nitrogen and oxygen atoms in total. The SMILES string of the molecule is CC(=O)OCC1OC(Oc2cc3ccccc3cc2O)C(OC(C)=O)C(C)C1C. The summed E-state index contributed by atoms with van der Waals surface area (Å²) in [7, 11) is 0. The van der Waals surface area contributed by atoms with Gasteiger partial charge in [0.15, 0.2) is 17.6 Å². The highest BCUT2D eigenvalue weighted by Crippen LogP contribution is 2.37. The predicted octanol–water partition coefficient (Wildman–Crippen LogP) is 3.42. The molecule has 156 valence electrons. The summed E-state index contributed by atoms with van der Waals surface area (Å²) in [5, 5.41) is 12.2. The largest absolute Gasteiger partial charge is 0.504 e. The number of phenols is 1. The molecule has 5 unspecified atom stereocenters. The second-order valence-electron chi connectivity index (χ2n) is 7.42. The van der Waals surface area contributed by atoms with E-state index in [0.717, 1.165) is 10.8 Å². The zero-order valence-corrected chi connectivity index (χ0v) is 17.0. The van der Waals surface area contributed by atoms with Gasteiger partial charge in [-0.05, 0) is 28.8 Å². The van der Waals surface area contributed by atoms with Crippen LogP contribution < -0.4 is 4.74 Å². The molecule has 2 aromatic rings. The van der Waals surface area contributed by atoms with Gasteiger partial charge < -0.3 is 24.1 Å². The molecule has 0 amide bonds. The molecule has 5 atom stereocenters. The minimum absolute atomic E-state index is 0.0447. The van der Waals surface area contributed by atoms with Gasteiger partial charge in [-0.15, -0.1) is 0 Å². The van der Waals surface area contributed by atoms with Crippen LogP contribution in [0.5, 0.6) is 11.5 Å². The molecule has 0 spiro atoms. The van der Waals surface area contributed by atoms with Gasteiger partial charge in [0.1, 0.15) is 6.61 Å². The number of aromatic hydroxyl groups is 1. The van der Waals surface area contributed by atoms with Crippen molar-refractivity contribution in [2.75, 3.05) is 6.61 Å². The Bertz CT molecular complexity index is 892. The number of hydrogen-bond donors (Lipinski definition) is 1. The van der Waals surface area contributed by atoms with Crippen LogP contribution in [0, 0.1) is 11.8 Å². The summed E-state index contributed by atoms with van der Waals surface area (Å²) in [5.41, 5.74) is 0. The van der Waals surface area contributed by atoms with Gasteiger partial charge in [0.05, 0.1) is 6.10 Å². The normalized spacial score (nSPS) is 26.7. The van der Waals surface area contributed by atoms with Crippen molar-refractivity contribution in [1.82, 2.24) is 0 Å². The van der Waals surface area contributed by atoms with Crippen molar-refractivity contribution < 1.29 is 33.6 Å². The number of hydrogen-bond acceptors (Lipinski definition) is 7. The van der Waals surface area contributed by atoms with Gasteiger partial charge in [0, 0.05) is 19.8 Å². The van der Waals surface area contributed by atoms with Crippen molar-refractivity contribution >= 4 is 22.7 Å². The summed E-state index contributed by atoms with van der Waals surface area (Å²) in [4.78, 5) is 22.9. The Morgan fingerprint density at radius 2 is 1.69 bits per heavy atom. The third kappa shape index (κ3) is 4.79. The lowest BCUT2D eigenvalue weighted by Gasteiger charge is -2.43. The minimum atomic E-state index is -0.960. The third-order valence-corrected chi connectivity index (χ3v) is 5.33. The van der Waals surface area contributed by atoms with Gasteiger partial charge in [0.25, 0.3) is 0 Å². The van der Waals surface area contributed by atoms with Crippen molar-refractivity contribution in [2.24, 2.45) is 11.8 Å². The van der Waals surface area contributed by atoms with E-state index in [1.165, 1.54) is 13.8 Å². The number of phenolic OH excluding ortho intramolecular Hbond substituents is 1. The first-order chi connectivity index (χ1) is 13.8. The fourth-order valence-electron chi connectivity index (χ4n) is 3.53. The van der Waals surface area contributed by atoms with E-state index in [1.807, 2.05) is 38.1 Å². The van der Waals surface area contributed by atoms with E-state index < -0.39 is 30.4 Å². The lowest BCUT2D eigenvalue weighted by molar-refractivity contribution is -0.253. The quantitative estimate of drug-likeness (QED) is 0.766. The van der Waals surface area contributed by atoms with Gasteiger partial charge in [0.2, 0.25) is 6.29 Å². The van der Waals surface area contributed by atoms with E-state index in [0.29, 0.717) is 0 Å². The summed E-state index contributed by atoms with van der Waals surface area (Å²) in [6.45, 7) is 6.60. The van der Waals surface area contributed by atoms with Crippen LogP contribution in [-0.2, 0) is 23.8 Å². The third-order valence-electron chi connectivity index (χ3n) is 5.33. The van der Waals surface area contributed by atoms with E-state index in [1.54, 1.807) is 12.1 Å². The Kier molecular flexibility index (Phi) is 6.27. The van der Waals surface area contributed by atoms with E-state index in [2.05, 4.69) is 0 Å². The Balaban J connectivity index is 1.88. The first-order valence-electron chi connectivity index (χ1n) is 9.60. The topological polar surface area (TPSA) is 91.3 Å². The van der Waals surface area contributed by atoms with Crippen LogP contribution in [0.1, 0.15) is 27.7 Å². The van der Waals surface area contributed by atoms with Crippen LogP contribution in [-0.4, -0.2) is 42.1 Å². The molecule has 1 fully saturated rings. The van der Waals surface area contributed by atoms with Gasteiger partial charge in [-0.1, -0.05) is 38.1 Å². The number of carbonyl (C=O) groups is 2. The molecular formula is C22H26O7. The molecule has 0 aromatic heterocycles. The van der Waals surface area contributed by atoms with E-state index in [9.17, 15) is 14.7 Å². The maximum absolute atomic E-state index is 11.6. The van der Waals surface area contributed by atoms with E-state index in [-0.39, 0.29) is 29.9 Å². The molecule has 1 heterocycles. The minimum Gasteiger partial charge on any atom is -0.504 e. The fraction of sp³-hybridized carbons (Fsp3) is 0.455. The lowest BCUT2D eigenvalue weighted by Crippen LogP contribution is -2.54. The summed E-state index contributed by atoms with van der Waals surface area (Å²) < 4.78 is 22.6. The molecular weight excluding hydrogens is 376 g/mol. The van der Waals surface area contributed by atoms with Crippen molar-refractivity contribution in [3.63, 3.8) is 0 Å². The number of benzene rings is 2. The number of carbonyl (C=O) groups excluding carboxylic acids is 2. The standard InChI is InChI=1S/C22H26O7/c1-12-13(2)21(27-15(4)24)22(29-20(12)11-26-14(3)23)28-19-10-17-8-6-5-7-16(17)9-18(19)25/h5-10,12-13,20-22,25H,11H2,1-4H3. The first kappa shape index (κ1) is 20.9. The Hall–Kier alpha value is -2.80. The highest BCUT2D eigenvalue weighted by molar-refractivity contribution is 5.85. The summed E-state index contributed by atoms with van der Waals surface area (Å²) in [6, 6.07) is 10.9. The van der Waals surface area contributed by atoms with Crippen LogP contribution in [0.2, 0.25) is 0 Å². The molecule has 0 radical (unpaired) electrons. The van der Waals surface area contributed by atoms with Crippen LogP contribution in [0.4, 0.5) is 0 Å². The number of esters is 2. The second-order valence-corrected chi connectivity index (χ2v) is 7.42. The highest BCUT2D eigenvalue weighted by Gasteiger charge is 2.45.